The molecule has 132 valence electrons. The van der Waals surface area contributed by atoms with E-state index < -0.39 is 6.04 Å². The number of carbonyl (C=O) groups excluding carboxylic acids is 1. The van der Waals surface area contributed by atoms with E-state index in [0.717, 1.165) is 22.0 Å². The lowest BCUT2D eigenvalue weighted by atomic mass is 10.1. The summed E-state index contributed by atoms with van der Waals surface area (Å²) in [5.41, 5.74) is 2.90. The van der Waals surface area contributed by atoms with Crippen molar-refractivity contribution in [1.29, 1.82) is 0 Å². The van der Waals surface area contributed by atoms with Gasteiger partial charge in [0.05, 0.1) is 7.11 Å². The van der Waals surface area contributed by atoms with Crippen molar-refractivity contribution in [2.45, 2.75) is 12.5 Å². The van der Waals surface area contributed by atoms with Gasteiger partial charge < -0.3 is 19.2 Å². The van der Waals surface area contributed by atoms with E-state index in [2.05, 4.69) is 9.98 Å². The zero-order valence-electron chi connectivity index (χ0n) is 14.3. The molecule has 2 heterocycles. The quantitative estimate of drug-likeness (QED) is 0.567. The molecule has 1 aliphatic heterocycles. The molecule has 6 nitrogen and oxygen atoms in total. The first-order chi connectivity index (χ1) is 12.7. The third kappa shape index (κ3) is 3.13. The summed E-state index contributed by atoms with van der Waals surface area (Å²) in [6, 6.07) is 12.9. The number of hydrogen-bond acceptors (Lipinski definition) is 5. The molecule has 0 aliphatic carbocycles. The Morgan fingerprint density at radius 2 is 2.12 bits per heavy atom. The van der Waals surface area contributed by atoms with E-state index in [9.17, 15) is 4.79 Å². The summed E-state index contributed by atoms with van der Waals surface area (Å²) in [5, 5.41) is 1.08. The number of nitrogens with zero attached hydrogens (tertiary/aromatic N) is 1. The van der Waals surface area contributed by atoms with E-state index >= 15 is 0 Å². The Bertz CT molecular complexity index is 977. The zero-order chi connectivity index (χ0) is 17.9. The summed E-state index contributed by atoms with van der Waals surface area (Å²) >= 11 is 0. The predicted molar refractivity (Wildman–Crippen MR) is 98.0 cm³/mol. The molecule has 0 bridgehead atoms. The Morgan fingerprint density at radius 3 is 3.00 bits per heavy atom. The molecule has 1 N–H and O–H groups in total. The highest BCUT2D eigenvalue weighted by molar-refractivity contribution is 5.87. The van der Waals surface area contributed by atoms with Gasteiger partial charge in [0.2, 0.25) is 6.79 Å². The molecule has 1 aliphatic rings. The highest BCUT2D eigenvalue weighted by Gasteiger charge is 2.20. The van der Waals surface area contributed by atoms with Crippen molar-refractivity contribution in [2.75, 3.05) is 13.9 Å². The van der Waals surface area contributed by atoms with Crippen molar-refractivity contribution in [3.05, 3.63) is 59.8 Å². The molecule has 0 saturated carbocycles. The number of nitrogens with one attached hydrogen (secondary N) is 1. The maximum atomic E-state index is 12.2. The fourth-order valence-corrected chi connectivity index (χ4v) is 3.01. The van der Waals surface area contributed by atoms with Gasteiger partial charge in [0.15, 0.2) is 17.5 Å². The van der Waals surface area contributed by atoms with Gasteiger partial charge in [-0.25, -0.2) is 4.79 Å². The first-order valence-electron chi connectivity index (χ1n) is 8.30. The van der Waals surface area contributed by atoms with E-state index in [0.29, 0.717) is 17.9 Å². The molecule has 1 atom stereocenters. The van der Waals surface area contributed by atoms with Gasteiger partial charge in [0.1, 0.15) is 0 Å². The van der Waals surface area contributed by atoms with Gasteiger partial charge in [-0.05, 0) is 35.4 Å². The SMILES string of the molecule is COC(=O)[C@H](Cc1c[nH]c2ccccc12)N=Cc1ccc2c(c1)OCO2. The number of aromatic amines is 1. The van der Waals surface area contributed by atoms with E-state index in [1.165, 1.54) is 7.11 Å². The molecule has 0 radical (unpaired) electrons. The van der Waals surface area contributed by atoms with Gasteiger partial charge in [-0.3, -0.25) is 4.99 Å². The van der Waals surface area contributed by atoms with Crippen LogP contribution in [0.1, 0.15) is 11.1 Å². The van der Waals surface area contributed by atoms with E-state index in [-0.39, 0.29) is 12.8 Å². The number of ether oxygens (including phenoxy) is 3. The Balaban J connectivity index is 1.58. The Hall–Kier alpha value is -3.28. The van der Waals surface area contributed by atoms with Crippen LogP contribution in [-0.4, -0.2) is 37.1 Å². The Kier molecular flexibility index (Phi) is 4.31. The van der Waals surface area contributed by atoms with Gasteiger partial charge in [-0.2, -0.15) is 0 Å². The number of aliphatic imine (C=N–C) groups is 1. The Labute approximate surface area is 150 Å². The van der Waals surface area contributed by atoms with E-state index in [1.54, 1.807) is 6.21 Å². The molecular formula is C20H18N2O4. The lowest BCUT2D eigenvalue weighted by Gasteiger charge is -2.09. The number of rotatable bonds is 5. The lowest BCUT2D eigenvalue weighted by Crippen LogP contribution is -2.23. The first-order valence-corrected chi connectivity index (χ1v) is 8.30. The van der Waals surface area contributed by atoms with Crippen LogP contribution in [0.15, 0.2) is 53.7 Å². The van der Waals surface area contributed by atoms with Crippen LogP contribution in [-0.2, 0) is 16.0 Å². The van der Waals surface area contributed by atoms with Crippen molar-refractivity contribution in [3.63, 3.8) is 0 Å². The number of aromatic nitrogens is 1. The first kappa shape index (κ1) is 16.2. The minimum Gasteiger partial charge on any atom is -0.467 e. The molecule has 6 heteroatoms. The van der Waals surface area contributed by atoms with Gasteiger partial charge in [-0.15, -0.1) is 0 Å². The molecule has 3 aromatic rings. The molecule has 0 fully saturated rings. The van der Waals surface area contributed by atoms with Crippen molar-refractivity contribution in [3.8, 4) is 11.5 Å². The normalized spacial score (nSPS) is 14.0. The monoisotopic (exact) mass is 350 g/mol. The van der Waals surface area contributed by atoms with Crippen molar-refractivity contribution < 1.29 is 19.0 Å². The lowest BCUT2D eigenvalue weighted by molar-refractivity contribution is -0.142. The number of hydrogen-bond donors (Lipinski definition) is 1. The largest absolute Gasteiger partial charge is 0.467 e. The standard InChI is InChI=1S/C20H18N2O4/c1-24-20(23)17(9-14-11-22-16-5-3-2-4-15(14)16)21-10-13-6-7-18-19(8-13)26-12-25-18/h2-8,10-11,17,22H,9,12H2,1H3/t17-/m0/s1. The molecule has 0 unspecified atom stereocenters. The van der Waals surface area contributed by atoms with E-state index in [4.69, 9.17) is 14.2 Å². The fraction of sp³-hybridized carbons (Fsp3) is 0.200. The predicted octanol–water partition coefficient (Wildman–Crippen LogP) is 3.10. The summed E-state index contributed by atoms with van der Waals surface area (Å²) in [4.78, 5) is 19.9. The zero-order valence-corrected chi connectivity index (χ0v) is 14.3. The molecule has 0 saturated heterocycles. The summed E-state index contributed by atoms with van der Waals surface area (Å²) in [6.45, 7) is 0.223. The molecule has 0 amide bonds. The second-order valence-electron chi connectivity index (χ2n) is 5.99. The van der Waals surface area contributed by atoms with Crippen LogP contribution in [0.25, 0.3) is 10.9 Å². The van der Waals surface area contributed by atoms with Crippen molar-refractivity contribution in [1.82, 2.24) is 4.98 Å². The van der Waals surface area contributed by atoms with Crippen LogP contribution in [0, 0.1) is 0 Å². The van der Waals surface area contributed by atoms with Crippen LogP contribution < -0.4 is 9.47 Å². The van der Waals surface area contributed by atoms with Gasteiger partial charge >= 0.3 is 5.97 Å². The average Bonchev–Trinajstić information content (AvgIpc) is 3.31. The van der Waals surface area contributed by atoms with Crippen LogP contribution in [0.2, 0.25) is 0 Å². The Morgan fingerprint density at radius 1 is 1.27 bits per heavy atom. The third-order valence-corrected chi connectivity index (χ3v) is 4.36. The fourth-order valence-electron chi connectivity index (χ4n) is 3.01. The highest BCUT2D eigenvalue weighted by Crippen LogP contribution is 2.32. The van der Waals surface area contributed by atoms with Gasteiger partial charge in [0.25, 0.3) is 0 Å². The minimum absolute atomic E-state index is 0.223. The molecular weight excluding hydrogens is 332 g/mol. The summed E-state index contributed by atoms with van der Waals surface area (Å²) in [6.07, 6.45) is 4.03. The number of benzene rings is 2. The van der Waals surface area contributed by atoms with Crippen LogP contribution in [0.5, 0.6) is 11.5 Å². The van der Waals surface area contributed by atoms with Crippen molar-refractivity contribution >= 4 is 23.1 Å². The molecule has 4 rings (SSSR count). The number of H-pyrrole nitrogens is 1. The summed E-state index contributed by atoms with van der Waals surface area (Å²) in [7, 11) is 1.38. The second-order valence-corrected chi connectivity index (χ2v) is 5.99. The minimum atomic E-state index is -0.621. The second kappa shape index (κ2) is 6.92. The number of methoxy groups -OCH3 is 1. The summed E-state index contributed by atoms with van der Waals surface area (Å²) in [5.74, 6) is 1.03. The maximum Gasteiger partial charge on any atom is 0.330 e. The van der Waals surface area contributed by atoms with Gasteiger partial charge in [-0.1, -0.05) is 18.2 Å². The topological polar surface area (TPSA) is 72.9 Å². The third-order valence-electron chi connectivity index (χ3n) is 4.36. The van der Waals surface area contributed by atoms with Crippen LogP contribution in [0.3, 0.4) is 0 Å². The molecule has 1 aromatic heterocycles. The molecule has 2 aromatic carbocycles. The number of carbonyl (C=O) groups is 1. The number of esters is 1. The summed E-state index contributed by atoms with van der Waals surface area (Å²) < 4.78 is 15.6. The smallest absolute Gasteiger partial charge is 0.330 e. The maximum absolute atomic E-state index is 12.2. The van der Waals surface area contributed by atoms with Gasteiger partial charge in [0, 0.05) is 29.7 Å². The van der Waals surface area contributed by atoms with Crippen LogP contribution in [0.4, 0.5) is 0 Å². The highest BCUT2D eigenvalue weighted by atomic mass is 16.7. The van der Waals surface area contributed by atoms with Crippen LogP contribution >= 0.6 is 0 Å². The molecule has 0 spiro atoms. The molecule has 26 heavy (non-hydrogen) atoms. The number of para-hydroxylation sites is 1. The van der Waals surface area contributed by atoms with E-state index in [1.807, 2.05) is 48.7 Å². The average molecular weight is 350 g/mol. The van der Waals surface area contributed by atoms with Crippen molar-refractivity contribution in [2.24, 2.45) is 4.99 Å². The number of fused-ring (bicyclic) bond motifs is 2.